The van der Waals surface area contributed by atoms with Gasteiger partial charge in [-0.15, -0.1) is 11.8 Å². The predicted octanol–water partition coefficient (Wildman–Crippen LogP) is 3.75. The molecule has 0 unspecified atom stereocenters. The molecule has 1 amide bonds. The maximum atomic E-state index is 13.0. The van der Waals surface area contributed by atoms with Gasteiger partial charge in [0.05, 0.1) is 36.0 Å². The Morgan fingerprint density at radius 2 is 1.92 bits per heavy atom. The zero-order valence-electron chi connectivity index (χ0n) is 34.2. The van der Waals surface area contributed by atoms with E-state index in [1.54, 1.807) is 11.8 Å². The van der Waals surface area contributed by atoms with Crippen molar-refractivity contribution in [1.29, 1.82) is 0 Å². The summed E-state index contributed by atoms with van der Waals surface area (Å²) in [5, 5.41) is 41.1. The van der Waals surface area contributed by atoms with Gasteiger partial charge in [-0.1, -0.05) is 12.1 Å². The molecular formula is C43H49N5O11S. The summed E-state index contributed by atoms with van der Waals surface area (Å²) in [4.78, 5) is 44.8. The number of nitrogens with zero attached hydrogens (tertiary/aromatic N) is 2. The van der Waals surface area contributed by atoms with Crippen LogP contribution in [-0.2, 0) is 37.5 Å². The number of phenolic OH excluding ortho intramolecular Hbond substituents is 1. The molecule has 60 heavy (non-hydrogen) atoms. The molecule has 5 aliphatic rings. The van der Waals surface area contributed by atoms with Crippen molar-refractivity contribution in [2.45, 2.75) is 81.7 Å². The SMILES string of the molecule is COc1c(C)cc2c(c1O)[C@@H]1[C@@H]3[C@H](SC[C@@]4(C)NCCc5c4[nH]c4cc(NC(=O)CO)ccc54)c4c(OC(C)=O)c(C)c5c(c4[C@H](COC=O)N3[C@@H](O)[C@H](C2)N1C)OCO5. The number of fused-ring (bicyclic) bond motifs is 12. The maximum absolute atomic E-state index is 13.0. The van der Waals surface area contributed by atoms with Gasteiger partial charge in [-0.05, 0) is 69.5 Å². The molecule has 0 aliphatic carbocycles. The highest BCUT2D eigenvalue weighted by Crippen LogP contribution is 2.64. The first-order valence-electron chi connectivity index (χ1n) is 20.0. The molecule has 1 saturated heterocycles. The topological polar surface area (TPSA) is 204 Å². The molecule has 5 aliphatic heterocycles. The largest absolute Gasteiger partial charge is 0.504 e. The fourth-order valence-electron chi connectivity index (χ4n) is 10.6. The summed E-state index contributed by atoms with van der Waals surface area (Å²) in [5.74, 6) is 0.972. The third kappa shape index (κ3) is 6.11. The number of esters is 1. The van der Waals surface area contributed by atoms with E-state index in [-0.39, 0.29) is 19.1 Å². The first-order valence-corrected chi connectivity index (χ1v) is 21.0. The number of aromatic amines is 1. The minimum absolute atomic E-state index is 0.0228. The number of piperazine rings is 1. The second kappa shape index (κ2) is 15.1. The van der Waals surface area contributed by atoms with Crippen molar-refractivity contribution in [3.8, 4) is 28.7 Å². The van der Waals surface area contributed by atoms with Crippen LogP contribution in [0.5, 0.6) is 28.7 Å². The second-order valence-corrected chi connectivity index (χ2v) is 17.6. The number of hydrogen-bond acceptors (Lipinski definition) is 15. The monoisotopic (exact) mass is 843 g/mol. The Hall–Kier alpha value is -5.04. The normalized spacial score (nSPS) is 26.4. The summed E-state index contributed by atoms with van der Waals surface area (Å²) >= 11 is 1.62. The number of amides is 1. The van der Waals surface area contributed by atoms with E-state index in [9.17, 15) is 29.7 Å². The van der Waals surface area contributed by atoms with Crippen molar-refractivity contribution >= 4 is 46.7 Å². The second-order valence-electron chi connectivity index (χ2n) is 16.5. The van der Waals surface area contributed by atoms with Gasteiger partial charge in [-0.2, -0.15) is 0 Å². The van der Waals surface area contributed by atoms with Crippen LogP contribution in [0.4, 0.5) is 5.69 Å². The number of aryl methyl sites for hydroxylation is 1. The number of ether oxygens (including phenoxy) is 5. The van der Waals surface area contributed by atoms with Gasteiger partial charge < -0.3 is 54.6 Å². The van der Waals surface area contributed by atoms with Gasteiger partial charge in [0, 0.05) is 69.8 Å². The molecule has 17 heteroatoms. The highest BCUT2D eigenvalue weighted by molar-refractivity contribution is 7.99. The molecule has 9 rings (SSSR count). The highest BCUT2D eigenvalue weighted by Gasteiger charge is 2.60. The molecule has 6 N–H and O–H groups in total. The fourth-order valence-corrected chi connectivity index (χ4v) is 12.2. The van der Waals surface area contributed by atoms with E-state index in [1.165, 1.54) is 14.0 Å². The molecule has 7 atom stereocenters. The summed E-state index contributed by atoms with van der Waals surface area (Å²) in [6.45, 7) is 7.39. The molecule has 0 spiro atoms. The molecule has 0 saturated carbocycles. The molecule has 0 radical (unpaired) electrons. The number of carbonyl (C=O) groups is 3. The first-order chi connectivity index (χ1) is 28.8. The smallest absolute Gasteiger partial charge is 0.308 e. The minimum Gasteiger partial charge on any atom is -0.504 e. The van der Waals surface area contributed by atoms with Crippen molar-refractivity contribution in [1.82, 2.24) is 20.1 Å². The summed E-state index contributed by atoms with van der Waals surface area (Å²) in [5.41, 5.74) is 7.05. The van der Waals surface area contributed by atoms with Crippen LogP contribution in [0.25, 0.3) is 10.9 Å². The molecule has 318 valence electrons. The molecule has 16 nitrogen and oxygen atoms in total. The zero-order chi connectivity index (χ0) is 42.4. The average molecular weight is 844 g/mol. The number of rotatable bonds is 10. The van der Waals surface area contributed by atoms with Crippen molar-refractivity contribution < 1.29 is 53.4 Å². The molecule has 4 aromatic rings. The lowest BCUT2D eigenvalue weighted by molar-refractivity contribution is -0.181. The number of hydrogen-bond donors (Lipinski definition) is 6. The van der Waals surface area contributed by atoms with E-state index in [0.717, 1.165) is 39.7 Å². The van der Waals surface area contributed by atoms with E-state index < -0.39 is 59.7 Å². The summed E-state index contributed by atoms with van der Waals surface area (Å²) < 4.78 is 29.7. The van der Waals surface area contributed by atoms with Gasteiger partial charge in [-0.25, -0.2) is 0 Å². The van der Waals surface area contributed by atoms with Crippen molar-refractivity contribution in [2.75, 3.05) is 51.8 Å². The number of aromatic hydroxyl groups is 1. The Balaban J connectivity index is 1.25. The van der Waals surface area contributed by atoms with Crippen molar-refractivity contribution in [3.05, 3.63) is 68.9 Å². The molecule has 1 aromatic heterocycles. The predicted molar refractivity (Wildman–Crippen MR) is 221 cm³/mol. The Labute approximate surface area is 350 Å². The number of aliphatic hydroxyl groups is 2. The molecule has 6 heterocycles. The van der Waals surface area contributed by atoms with Gasteiger partial charge >= 0.3 is 5.97 Å². The van der Waals surface area contributed by atoms with Crippen molar-refractivity contribution in [2.24, 2.45) is 0 Å². The van der Waals surface area contributed by atoms with Crippen LogP contribution < -0.4 is 29.6 Å². The Bertz CT molecular complexity index is 2440. The van der Waals surface area contributed by atoms with Gasteiger partial charge in [0.2, 0.25) is 12.7 Å². The van der Waals surface area contributed by atoms with Crippen LogP contribution in [0.2, 0.25) is 0 Å². The number of methoxy groups -OCH3 is 1. The number of thioether (sulfide) groups is 1. The highest BCUT2D eigenvalue weighted by atomic mass is 32.2. The average Bonchev–Trinajstić information content (AvgIpc) is 3.86. The molecule has 2 bridgehead atoms. The number of H-pyrrole nitrogens is 1. The van der Waals surface area contributed by atoms with E-state index in [0.29, 0.717) is 76.1 Å². The van der Waals surface area contributed by atoms with Gasteiger partial charge in [0.1, 0.15) is 25.2 Å². The van der Waals surface area contributed by atoms with E-state index in [4.69, 9.17) is 23.7 Å². The van der Waals surface area contributed by atoms with Crippen LogP contribution in [0.3, 0.4) is 0 Å². The fraction of sp³-hybridized carbons (Fsp3) is 0.465. The standard InChI is InChI=1S/C43H49N5O11S/c1-19-11-22-12-27-42(54)48-28(15-56-17-50)31-32(37(59-21(3)51)20(2)38-39(31)58-18-57-38)40(34(48)33(47(27)5)30(22)35(53)36(19)55-6)60-16-43(4)41-25(9-10-44-43)24-8-7-23(13-26(24)46-41)45-29(52)14-49/h7-8,11,13,17,27-28,33-34,40,42,44,46,49,53-54H,9-10,12,14-16,18H2,1-6H3,(H,45,52)/t27-,28-,33+,34+,40+,42-,43+/m0/s1. The summed E-state index contributed by atoms with van der Waals surface area (Å²) in [6, 6.07) is 5.35. The number of aliphatic hydroxyl groups excluding tert-OH is 2. The Kier molecular flexibility index (Phi) is 10.2. The third-order valence-corrected chi connectivity index (χ3v) is 14.6. The van der Waals surface area contributed by atoms with E-state index in [2.05, 4.69) is 27.4 Å². The van der Waals surface area contributed by atoms with Gasteiger partial charge in [-0.3, -0.25) is 24.2 Å². The number of phenols is 1. The van der Waals surface area contributed by atoms with Crippen LogP contribution in [0.15, 0.2) is 24.3 Å². The number of aromatic nitrogens is 1. The maximum Gasteiger partial charge on any atom is 0.308 e. The van der Waals surface area contributed by atoms with Gasteiger partial charge in [0.25, 0.3) is 6.47 Å². The quantitative estimate of drug-likeness (QED) is 0.0765. The third-order valence-electron chi connectivity index (χ3n) is 13.0. The van der Waals surface area contributed by atoms with Crippen LogP contribution >= 0.6 is 11.8 Å². The zero-order valence-corrected chi connectivity index (χ0v) is 35.0. The molecule has 3 aromatic carbocycles. The Morgan fingerprint density at radius 1 is 1.13 bits per heavy atom. The number of likely N-dealkylation sites (N-methyl/N-ethyl adjacent to an activating group) is 1. The van der Waals surface area contributed by atoms with E-state index >= 15 is 0 Å². The molecule has 1 fully saturated rings. The number of anilines is 1. The lowest BCUT2D eigenvalue weighted by atomic mass is 9.73. The van der Waals surface area contributed by atoms with Crippen LogP contribution in [-0.4, -0.2) is 113 Å². The summed E-state index contributed by atoms with van der Waals surface area (Å²) in [6.07, 6.45) is 0.111. The lowest BCUT2D eigenvalue weighted by Gasteiger charge is -2.61. The number of benzene rings is 3. The summed E-state index contributed by atoms with van der Waals surface area (Å²) in [7, 11) is 3.48. The number of carbonyl (C=O) groups excluding carboxylic acids is 3. The Morgan fingerprint density at radius 3 is 2.65 bits per heavy atom. The van der Waals surface area contributed by atoms with Gasteiger partial charge in [0.15, 0.2) is 23.0 Å². The number of nitrogens with one attached hydrogen (secondary N) is 3. The van der Waals surface area contributed by atoms with Crippen LogP contribution in [0, 0.1) is 13.8 Å². The molecular weight excluding hydrogens is 795 g/mol. The van der Waals surface area contributed by atoms with Crippen molar-refractivity contribution in [3.63, 3.8) is 0 Å². The minimum atomic E-state index is -1.08. The lowest BCUT2D eigenvalue weighted by Crippen LogP contribution is -2.69. The van der Waals surface area contributed by atoms with Crippen LogP contribution in [0.1, 0.15) is 75.8 Å². The first kappa shape index (κ1) is 40.4. The van der Waals surface area contributed by atoms with E-state index in [1.807, 2.05) is 50.1 Å².